The number of likely N-dealkylation sites (N-methyl/N-ethyl adjacent to an activating group) is 1. The van der Waals surface area contributed by atoms with E-state index in [2.05, 4.69) is 29.3 Å². The summed E-state index contributed by atoms with van der Waals surface area (Å²) in [6.45, 7) is 0.759. The Hall–Kier alpha value is -1.75. The number of rotatable bonds is 5. The topological polar surface area (TPSA) is 28.2 Å². The SMILES string of the molecule is CN(C)C(CNc1ccnc2c(F)cc(F)cc12)C1CC1. The number of halogens is 2. The van der Waals surface area contributed by atoms with Gasteiger partial charge in [-0.3, -0.25) is 4.98 Å². The quantitative estimate of drug-likeness (QED) is 0.916. The fourth-order valence-corrected chi connectivity index (χ4v) is 2.80. The van der Waals surface area contributed by atoms with Crippen LogP contribution in [0.4, 0.5) is 14.5 Å². The van der Waals surface area contributed by atoms with Gasteiger partial charge in [0.25, 0.3) is 0 Å². The van der Waals surface area contributed by atoms with Crippen molar-refractivity contribution >= 4 is 16.6 Å². The number of anilines is 1. The van der Waals surface area contributed by atoms with E-state index in [9.17, 15) is 8.78 Å². The van der Waals surface area contributed by atoms with Crippen molar-refractivity contribution in [2.45, 2.75) is 18.9 Å². The molecule has 1 atom stereocenters. The van der Waals surface area contributed by atoms with Crippen molar-refractivity contribution in [1.29, 1.82) is 0 Å². The van der Waals surface area contributed by atoms with Gasteiger partial charge in [0.15, 0.2) is 5.82 Å². The van der Waals surface area contributed by atoms with E-state index in [-0.39, 0.29) is 5.52 Å². The minimum atomic E-state index is -0.625. The molecule has 1 heterocycles. The average molecular weight is 291 g/mol. The molecule has 21 heavy (non-hydrogen) atoms. The van der Waals surface area contributed by atoms with E-state index in [0.29, 0.717) is 17.3 Å². The van der Waals surface area contributed by atoms with Crippen LogP contribution >= 0.6 is 0 Å². The molecule has 112 valence electrons. The van der Waals surface area contributed by atoms with Crippen molar-refractivity contribution in [3.8, 4) is 0 Å². The predicted octanol–water partition coefficient (Wildman–Crippen LogP) is 3.27. The molecule has 1 aromatic carbocycles. The summed E-state index contributed by atoms with van der Waals surface area (Å²) in [4.78, 5) is 6.20. The van der Waals surface area contributed by atoms with E-state index in [1.807, 2.05) is 0 Å². The predicted molar refractivity (Wildman–Crippen MR) is 80.3 cm³/mol. The molecule has 1 aliphatic carbocycles. The zero-order chi connectivity index (χ0) is 15.0. The van der Waals surface area contributed by atoms with Gasteiger partial charge in [0.2, 0.25) is 0 Å². The molecule has 1 aromatic heterocycles. The third kappa shape index (κ3) is 2.97. The van der Waals surface area contributed by atoms with Crippen LogP contribution < -0.4 is 5.32 Å². The van der Waals surface area contributed by atoms with E-state index in [0.717, 1.165) is 18.3 Å². The highest BCUT2D eigenvalue weighted by atomic mass is 19.1. The molecular formula is C16H19F2N3. The molecule has 1 N–H and O–H groups in total. The second-order valence-corrected chi connectivity index (χ2v) is 5.89. The van der Waals surface area contributed by atoms with Crippen LogP contribution in [0.2, 0.25) is 0 Å². The summed E-state index contributed by atoms with van der Waals surface area (Å²) in [5.74, 6) is -0.489. The van der Waals surface area contributed by atoms with Gasteiger partial charge in [-0.05, 0) is 45.0 Å². The Kier molecular flexibility index (Phi) is 3.76. The lowest BCUT2D eigenvalue weighted by Gasteiger charge is -2.25. The van der Waals surface area contributed by atoms with E-state index in [4.69, 9.17) is 0 Å². The maximum absolute atomic E-state index is 13.8. The van der Waals surface area contributed by atoms with Gasteiger partial charge in [-0.25, -0.2) is 8.78 Å². The monoisotopic (exact) mass is 291 g/mol. The Balaban J connectivity index is 1.86. The third-order valence-electron chi connectivity index (χ3n) is 4.09. The Morgan fingerprint density at radius 3 is 2.76 bits per heavy atom. The summed E-state index contributed by atoms with van der Waals surface area (Å²) in [5, 5.41) is 3.82. The Labute approximate surface area is 123 Å². The second-order valence-electron chi connectivity index (χ2n) is 5.89. The maximum Gasteiger partial charge on any atom is 0.152 e. The summed E-state index contributed by atoms with van der Waals surface area (Å²) in [5.41, 5.74) is 0.931. The van der Waals surface area contributed by atoms with Gasteiger partial charge in [-0.2, -0.15) is 0 Å². The highest BCUT2D eigenvalue weighted by Gasteiger charge is 2.32. The van der Waals surface area contributed by atoms with E-state index in [1.54, 1.807) is 12.3 Å². The molecule has 1 unspecified atom stereocenters. The number of benzene rings is 1. The van der Waals surface area contributed by atoms with Crippen molar-refractivity contribution < 1.29 is 8.78 Å². The molecule has 5 heteroatoms. The van der Waals surface area contributed by atoms with Gasteiger partial charge >= 0.3 is 0 Å². The van der Waals surface area contributed by atoms with Crippen molar-refractivity contribution in [3.05, 3.63) is 36.0 Å². The number of nitrogens with one attached hydrogen (secondary N) is 1. The molecular weight excluding hydrogens is 272 g/mol. The number of pyridine rings is 1. The summed E-state index contributed by atoms with van der Waals surface area (Å²) in [6.07, 6.45) is 4.06. The second kappa shape index (κ2) is 5.56. The number of nitrogens with zero attached hydrogens (tertiary/aromatic N) is 2. The Morgan fingerprint density at radius 1 is 1.33 bits per heavy atom. The Bertz CT molecular complexity index is 651. The number of hydrogen-bond donors (Lipinski definition) is 1. The molecule has 0 spiro atoms. The first-order chi connectivity index (χ1) is 10.1. The summed E-state index contributed by atoms with van der Waals surface area (Å²) in [7, 11) is 4.13. The molecule has 0 amide bonds. The van der Waals surface area contributed by atoms with Crippen LogP contribution in [0, 0.1) is 17.6 Å². The first-order valence-electron chi connectivity index (χ1n) is 7.20. The van der Waals surface area contributed by atoms with Gasteiger partial charge < -0.3 is 10.2 Å². The van der Waals surface area contributed by atoms with Crippen LogP contribution in [-0.2, 0) is 0 Å². The third-order valence-corrected chi connectivity index (χ3v) is 4.09. The van der Waals surface area contributed by atoms with Crippen molar-refractivity contribution in [2.75, 3.05) is 26.0 Å². The van der Waals surface area contributed by atoms with Crippen molar-refractivity contribution in [3.63, 3.8) is 0 Å². The van der Waals surface area contributed by atoms with Crippen LogP contribution in [0.1, 0.15) is 12.8 Å². The molecule has 0 saturated heterocycles. The molecule has 0 radical (unpaired) electrons. The van der Waals surface area contributed by atoms with E-state index < -0.39 is 11.6 Å². The van der Waals surface area contributed by atoms with Crippen LogP contribution in [0.5, 0.6) is 0 Å². The lowest BCUT2D eigenvalue weighted by Crippen LogP contribution is -2.36. The van der Waals surface area contributed by atoms with Crippen LogP contribution in [0.3, 0.4) is 0 Å². The molecule has 1 saturated carbocycles. The number of fused-ring (bicyclic) bond motifs is 1. The molecule has 0 bridgehead atoms. The van der Waals surface area contributed by atoms with Crippen molar-refractivity contribution in [1.82, 2.24) is 9.88 Å². The lowest BCUT2D eigenvalue weighted by molar-refractivity contribution is 0.276. The van der Waals surface area contributed by atoms with Gasteiger partial charge in [-0.1, -0.05) is 0 Å². The highest BCUT2D eigenvalue weighted by Crippen LogP contribution is 2.35. The zero-order valence-corrected chi connectivity index (χ0v) is 12.2. The minimum Gasteiger partial charge on any atom is -0.383 e. The van der Waals surface area contributed by atoms with E-state index >= 15 is 0 Å². The summed E-state index contributed by atoms with van der Waals surface area (Å²) >= 11 is 0. The first kappa shape index (κ1) is 14.2. The zero-order valence-electron chi connectivity index (χ0n) is 12.2. The molecule has 3 nitrogen and oxygen atoms in total. The van der Waals surface area contributed by atoms with E-state index in [1.165, 1.54) is 18.9 Å². The summed E-state index contributed by atoms with van der Waals surface area (Å²) < 4.78 is 27.2. The van der Waals surface area contributed by atoms with Gasteiger partial charge in [0.1, 0.15) is 11.3 Å². The van der Waals surface area contributed by atoms with Crippen molar-refractivity contribution in [2.24, 2.45) is 5.92 Å². The largest absolute Gasteiger partial charge is 0.383 e. The number of aromatic nitrogens is 1. The minimum absolute atomic E-state index is 0.203. The Morgan fingerprint density at radius 2 is 2.10 bits per heavy atom. The fraction of sp³-hybridized carbons (Fsp3) is 0.438. The number of hydrogen-bond acceptors (Lipinski definition) is 3. The molecule has 1 aliphatic rings. The van der Waals surface area contributed by atoms with Gasteiger partial charge in [0.05, 0.1) is 0 Å². The average Bonchev–Trinajstić information content (AvgIpc) is 3.23. The maximum atomic E-state index is 13.8. The van der Waals surface area contributed by atoms with Crippen LogP contribution in [-0.4, -0.2) is 36.6 Å². The van der Waals surface area contributed by atoms with Crippen LogP contribution in [0.15, 0.2) is 24.4 Å². The molecule has 3 rings (SSSR count). The normalized spacial score (nSPS) is 16.4. The smallest absolute Gasteiger partial charge is 0.152 e. The fourth-order valence-electron chi connectivity index (χ4n) is 2.80. The molecule has 1 fully saturated rings. The highest BCUT2D eigenvalue weighted by molar-refractivity contribution is 5.91. The lowest BCUT2D eigenvalue weighted by atomic mass is 10.1. The summed E-state index contributed by atoms with van der Waals surface area (Å²) in [6, 6.07) is 4.40. The standard InChI is InChI=1S/C16H19F2N3/c1-21(2)15(10-3-4-10)9-20-14-5-6-19-16-12(14)7-11(17)8-13(16)18/h5-8,10,15H,3-4,9H2,1-2H3,(H,19,20). The molecule has 0 aliphatic heterocycles. The first-order valence-corrected chi connectivity index (χ1v) is 7.20. The van der Waals surface area contributed by atoms with Gasteiger partial charge in [0, 0.05) is 35.9 Å². The molecule has 2 aromatic rings. The van der Waals surface area contributed by atoms with Gasteiger partial charge in [-0.15, -0.1) is 0 Å². The van der Waals surface area contributed by atoms with Crippen LogP contribution in [0.25, 0.3) is 10.9 Å².